The van der Waals surface area contributed by atoms with Crippen LogP contribution in [0, 0.1) is 0 Å². The molecule has 0 radical (unpaired) electrons. The van der Waals surface area contributed by atoms with Gasteiger partial charge >= 0.3 is 0 Å². The molecular weight excluding hydrogens is 378 g/mol. The highest BCUT2D eigenvalue weighted by atomic mass is 32.2. The van der Waals surface area contributed by atoms with Gasteiger partial charge in [-0.15, -0.1) is 12.6 Å². The fourth-order valence-electron chi connectivity index (χ4n) is 2.47. The minimum atomic E-state index is -1.40. The van der Waals surface area contributed by atoms with Gasteiger partial charge in [0.25, 0.3) is 5.91 Å². The average Bonchev–Trinajstić information content (AvgIpc) is 2.69. The zero-order valence-corrected chi connectivity index (χ0v) is 16.3. The van der Waals surface area contributed by atoms with Gasteiger partial charge in [-0.3, -0.25) is 4.79 Å². The van der Waals surface area contributed by atoms with E-state index in [-0.39, 0.29) is 5.91 Å². The second kappa shape index (κ2) is 8.39. The summed E-state index contributed by atoms with van der Waals surface area (Å²) < 4.78 is 14.5. The van der Waals surface area contributed by atoms with Crippen LogP contribution in [0.2, 0.25) is 0 Å². The number of anilines is 3. The smallest absolute Gasteiger partial charge is 0.255 e. The van der Waals surface area contributed by atoms with E-state index in [0.717, 1.165) is 5.69 Å². The second-order valence-electron chi connectivity index (χ2n) is 5.84. The predicted octanol–water partition coefficient (Wildman–Crippen LogP) is 3.97. The first-order chi connectivity index (χ1) is 13.0. The molecule has 0 aliphatic carbocycles. The van der Waals surface area contributed by atoms with Crippen LogP contribution in [0.15, 0.2) is 82.6 Å². The molecule has 0 saturated carbocycles. The maximum atomic E-state index is 12.8. The Kier molecular flexibility index (Phi) is 5.95. The molecule has 0 heterocycles. The summed E-state index contributed by atoms with van der Waals surface area (Å²) in [6, 6.07) is 21.3. The molecule has 5 nitrogen and oxygen atoms in total. The molecule has 0 spiro atoms. The number of nitrogens with zero attached hydrogens (tertiary/aromatic N) is 1. The molecule has 0 fully saturated rings. The van der Waals surface area contributed by atoms with Crippen molar-refractivity contribution in [2.45, 2.75) is 9.79 Å². The summed E-state index contributed by atoms with van der Waals surface area (Å²) in [6.07, 6.45) is 0. The first kappa shape index (κ1) is 19.2. The number of hydrogen-bond acceptors (Lipinski definition) is 5. The summed E-state index contributed by atoms with van der Waals surface area (Å²) >= 11 is 2.80. The van der Waals surface area contributed by atoms with Crippen molar-refractivity contribution in [3.05, 3.63) is 78.4 Å². The molecule has 0 aromatic heterocycles. The van der Waals surface area contributed by atoms with Crippen molar-refractivity contribution >= 4 is 47.0 Å². The van der Waals surface area contributed by atoms with Crippen molar-refractivity contribution in [1.82, 2.24) is 0 Å². The number of para-hydroxylation sites is 1. The molecule has 3 N–H and O–H groups in total. The van der Waals surface area contributed by atoms with Crippen molar-refractivity contribution in [1.29, 1.82) is 0 Å². The SMILES string of the molecule is CN(c1ccccc1)[S+]([O-])c1cccc(NC(=O)c2ccc(S)c(N)c2)c1. The number of carbonyl (C=O) groups is 1. The number of nitrogens with one attached hydrogen (secondary N) is 1. The van der Waals surface area contributed by atoms with Crippen LogP contribution in [0.5, 0.6) is 0 Å². The summed E-state index contributed by atoms with van der Waals surface area (Å²) in [7, 11) is 1.76. The Labute approximate surface area is 166 Å². The van der Waals surface area contributed by atoms with Crippen LogP contribution in [-0.4, -0.2) is 17.5 Å². The third-order valence-corrected chi connectivity index (χ3v) is 5.72. The van der Waals surface area contributed by atoms with Crippen LogP contribution in [0.25, 0.3) is 0 Å². The molecule has 3 aromatic carbocycles. The van der Waals surface area contributed by atoms with Gasteiger partial charge in [-0.1, -0.05) is 24.3 Å². The van der Waals surface area contributed by atoms with Crippen LogP contribution in [0.1, 0.15) is 10.4 Å². The Balaban J connectivity index is 1.77. The first-order valence-electron chi connectivity index (χ1n) is 8.16. The lowest BCUT2D eigenvalue weighted by atomic mass is 10.2. The number of carbonyl (C=O) groups excluding carboxylic acids is 1. The van der Waals surface area contributed by atoms with E-state index in [0.29, 0.717) is 26.7 Å². The molecule has 3 aromatic rings. The van der Waals surface area contributed by atoms with Crippen molar-refractivity contribution in [3.63, 3.8) is 0 Å². The van der Waals surface area contributed by atoms with Gasteiger partial charge in [0.05, 0.1) is 12.7 Å². The van der Waals surface area contributed by atoms with E-state index < -0.39 is 11.4 Å². The molecule has 3 rings (SSSR count). The molecule has 138 valence electrons. The summed E-state index contributed by atoms with van der Waals surface area (Å²) in [4.78, 5) is 13.6. The Morgan fingerprint density at radius 2 is 1.81 bits per heavy atom. The lowest BCUT2D eigenvalue weighted by Crippen LogP contribution is -2.26. The predicted molar refractivity (Wildman–Crippen MR) is 114 cm³/mol. The fraction of sp³-hybridized carbons (Fsp3) is 0.0500. The summed E-state index contributed by atoms with van der Waals surface area (Å²) in [5.41, 5.74) is 8.06. The van der Waals surface area contributed by atoms with Gasteiger partial charge in [-0.2, -0.15) is 4.31 Å². The summed E-state index contributed by atoms with van der Waals surface area (Å²) in [6.45, 7) is 0. The maximum absolute atomic E-state index is 12.8. The molecular formula is C20H19N3O2S2. The van der Waals surface area contributed by atoms with Crippen LogP contribution < -0.4 is 15.4 Å². The summed E-state index contributed by atoms with van der Waals surface area (Å²) in [5, 5.41) is 2.81. The molecule has 1 amide bonds. The van der Waals surface area contributed by atoms with E-state index in [9.17, 15) is 9.35 Å². The van der Waals surface area contributed by atoms with Gasteiger partial charge in [0.15, 0.2) is 4.90 Å². The molecule has 27 heavy (non-hydrogen) atoms. The normalized spacial score (nSPS) is 11.7. The highest BCUT2D eigenvalue weighted by Crippen LogP contribution is 2.24. The molecule has 0 aliphatic rings. The van der Waals surface area contributed by atoms with Crippen LogP contribution in [0.4, 0.5) is 17.1 Å². The Bertz CT molecular complexity index is 951. The third kappa shape index (κ3) is 4.57. The monoisotopic (exact) mass is 397 g/mol. The fourth-order valence-corrected chi connectivity index (χ4v) is 3.66. The Morgan fingerprint density at radius 1 is 1.07 bits per heavy atom. The highest BCUT2D eigenvalue weighted by molar-refractivity contribution is 7.92. The average molecular weight is 398 g/mol. The number of thiol groups is 1. The molecule has 1 atom stereocenters. The van der Waals surface area contributed by atoms with Gasteiger partial charge in [0.2, 0.25) is 0 Å². The minimum Gasteiger partial charge on any atom is -0.588 e. The highest BCUT2D eigenvalue weighted by Gasteiger charge is 2.19. The van der Waals surface area contributed by atoms with Crippen molar-refractivity contribution in [2.75, 3.05) is 22.4 Å². The van der Waals surface area contributed by atoms with Crippen molar-refractivity contribution in [3.8, 4) is 0 Å². The van der Waals surface area contributed by atoms with E-state index in [1.165, 1.54) is 0 Å². The number of nitrogens with two attached hydrogens (primary N) is 1. The molecule has 7 heteroatoms. The van der Waals surface area contributed by atoms with Crippen LogP contribution in [0.3, 0.4) is 0 Å². The number of hydrogen-bond donors (Lipinski definition) is 3. The van der Waals surface area contributed by atoms with Crippen LogP contribution >= 0.6 is 12.6 Å². The lowest BCUT2D eigenvalue weighted by Gasteiger charge is -2.21. The minimum absolute atomic E-state index is 0.297. The van der Waals surface area contributed by atoms with Gasteiger partial charge in [-0.05, 0) is 42.5 Å². The second-order valence-corrected chi connectivity index (χ2v) is 7.84. The number of benzene rings is 3. The van der Waals surface area contributed by atoms with Crippen molar-refractivity contribution < 1.29 is 9.35 Å². The van der Waals surface area contributed by atoms with E-state index >= 15 is 0 Å². The quantitative estimate of drug-likeness (QED) is 0.346. The number of amides is 1. The van der Waals surface area contributed by atoms with Gasteiger partial charge in [0.1, 0.15) is 11.4 Å². The van der Waals surface area contributed by atoms with E-state index in [4.69, 9.17) is 5.73 Å². The molecule has 1 unspecified atom stereocenters. The van der Waals surface area contributed by atoms with E-state index in [1.54, 1.807) is 53.8 Å². The third-order valence-electron chi connectivity index (χ3n) is 3.95. The van der Waals surface area contributed by atoms with Gasteiger partial charge in [-0.25, -0.2) is 0 Å². The Morgan fingerprint density at radius 3 is 2.52 bits per heavy atom. The summed E-state index contributed by atoms with van der Waals surface area (Å²) in [5.74, 6) is -0.297. The standard InChI is InChI=1S/C20H19N3O2S2/c1-23(16-7-3-2-4-8-16)27(25)17-9-5-6-15(13-17)22-20(24)14-10-11-19(26)18(21)12-14/h2-13,26H,21H2,1H3,(H,22,24). The zero-order chi connectivity index (χ0) is 19.4. The molecule has 0 bridgehead atoms. The number of rotatable bonds is 5. The van der Waals surface area contributed by atoms with E-state index in [1.807, 2.05) is 30.3 Å². The van der Waals surface area contributed by atoms with E-state index in [2.05, 4.69) is 17.9 Å². The van der Waals surface area contributed by atoms with Crippen LogP contribution in [-0.2, 0) is 11.4 Å². The molecule has 0 aliphatic heterocycles. The van der Waals surface area contributed by atoms with Crippen molar-refractivity contribution in [2.24, 2.45) is 0 Å². The number of nitrogen functional groups attached to an aromatic ring is 1. The van der Waals surface area contributed by atoms with Gasteiger partial charge in [0, 0.05) is 27.9 Å². The topological polar surface area (TPSA) is 81.4 Å². The maximum Gasteiger partial charge on any atom is 0.255 e. The zero-order valence-electron chi connectivity index (χ0n) is 14.6. The Hall–Kier alpha value is -2.61. The first-order valence-corrected chi connectivity index (χ1v) is 9.71. The lowest BCUT2D eigenvalue weighted by molar-refractivity contribution is 0.102. The largest absolute Gasteiger partial charge is 0.588 e. The van der Waals surface area contributed by atoms with Gasteiger partial charge < -0.3 is 15.6 Å². The molecule has 0 saturated heterocycles.